The minimum atomic E-state index is 0.519. The molecule has 0 bridgehead atoms. The lowest BCUT2D eigenvalue weighted by atomic mass is 10.0. The lowest BCUT2D eigenvalue weighted by molar-refractivity contribution is 0.394. The number of rotatable bonds is 4. The number of anilines is 1. The molecule has 1 N–H and O–H groups in total. The molecule has 5 heteroatoms. The number of halogens is 1. The Kier molecular flexibility index (Phi) is 4.01. The fourth-order valence-electron chi connectivity index (χ4n) is 2.20. The van der Waals surface area contributed by atoms with Crippen LogP contribution < -0.4 is 10.1 Å². The zero-order valence-corrected chi connectivity index (χ0v) is 13.1. The second kappa shape index (κ2) is 6.10. The van der Waals surface area contributed by atoms with Gasteiger partial charge in [0.05, 0.1) is 17.8 Å². The molecule has 0 unspecified atom stereocenters. The summed E-state index contributed by atoms with van der Waals surface area (Å²) < 4.78 is 5.91. The first-order valence-electron chi connectivity index (χ1n) is 6.55. The van der Waals surface area contributed by atoms with E-state index in [0.717, 1.165) is 4.47 Å². The molecule has 3 aromatic rings. The Bertz CT molecular complexity index is 771. The molecule has 1 aromatic heterocycles. The summed E-state index contributed by atoms with van der Waals surface area (Å²) in [7, 11) is 1.58. The summed E-state index contributed by atoms with van der Waals surface area (Å²) >= 11 is 3.34. The Morgan fingerprint density at radius 3 is 2.81 bits per heavy atom. The highest BCUT2D eigenvalue weighted by Gasteiger charge is 2.06. The molecule has 3 rings (SSSR count). The van der Waals surface area contributed by atoms with Crippen molar-refractivity contribution in [2.24, 2.45) is 0 Å². The fraction of sp³-hybridized carbons (Fsp3) is 0.125. The molecule has 2 aromatic carbocycles. The van der Waals surface area contributed by atoms with Gasteiger partial charge in [0.25, 0.3) is 0 Å². The van der Waals surface area contributed by atoms with Crippen molar-refractivity contribution in [1.29, 1.82) is 0 Å². The SMILES string of the molecule is COc1nc(NCc2cccc3ccccc23)ncc1Br. The maximum absolute atomic E-state index is 5.17. The van der Waals surface area contributed by atoms with Gasteiger partial charge in [0, 0.05) is 6.54 Å². The fourth-order valence-corrected chi connectivity index (χ4v) is 2.55. The number of hydrogen-bond acceptors (Lipinski definition) is 4. The summed E-state index contributed by atoms with van der Waals surface area (Å²) in [6.45, 7) is 0.659. The Labute approximate surface area is 131 Å². The highest BCUT2D eigenvalue weighted by molar-refractivity contribution is 9.10. The summed E-state index contributed by atoms with van der Waals surface area (Å²) in [5.74, 6) is 1.06. The second-order valence-corrected chi connectivity index (χ2v) is 5.40. The first-order valence-corrected chi connectivity index (χ1v) is 7.34. The lowest BCUT2D eigenvalue weighted by Gasteiger charge is -2.09. The zero-order valence-electron chi connectivity index (χ0n) is 11.5. The second-order valence-electron chi connectivity index (χ2n) is 4.54. The Morgan fingerprint density at radius 1 is 1.14 bits per heavy atom. The molecular formula is C16H14BrN3O. The molecule has 0 saturated heterocycles. The third-order valence-corrected chi connectivity index (χ3v) is 3.77. The van der Waals surface area contributed by atoms with Crippen LogP contribution in [0, 0.1) is 0 Å². The van der Waals surface area contributed by atoms with Gasteiger partial charge >= 0.3 is 0 Å². The Balaban J connectivity index is 1.83. The third-order valence-electron chi connectivity index (χ3n) is 3.22. The molecule has 0 spiro atoms. The van der Waals surface area contributed by atoms with E-state index in [1.165, 1.54) is 16.3 Å². The van der Waals surface area contributed by atoms with E-state index < -0.39 is 0 Å². The highest BCUT2D eigenvalue weighted by atomic mass is 79.9. The number of nitrogens with one attached hydrogen (secondary N) is 1. The summed E-state index contributed by atoms with van der Waals surface area (Å²) in [5.41, 5.74) is 1.21. The van der Waals surface area contributed by atoms with Gasteiger partial charge in [-0.25, -0.2) is 4.98 Å². The van der Waals surface area contributed by atoms with E-state index in [2.05, 4.69) is 61.5 Å². The number of benzene rings is 2. The molecule has 0 aliphatic heterocycles. The number of aromatic nitrogens is 2. The standard InChI is InChI=1S/C16H14BrN3O/c1-21-15-14(17)10-19-16(20-15)18-9-12-7-4-6-11-5-2-3-8-13(11)12/h2-8,10H,9H2,1H3,(H,18,19,20). The van der Waals surface area contributed by atoms with Gasteiger partial charge in [-0.2, -0.15) is 4.98 Å². The largest absolute Gasteiger partial charge is 0.480 e. The normalized spacial score (nSPS) is 10.6. The van der Waals surface area contributed by atoms with Crippen molar-refractivity contribution in [1.82, 2.24) is 9.97 Å². The molecule has 21 heavy (non-hydrogen) atoms. The van der Waals surface area contributed by atoms with Gasteiger partial charge in [-0.15, -0.1) is 0 Å². The van der Waals surface area contributed by atoms with E-state index in [1.807, 2.05) is 12.1 Å². The lowest BCUT2D eigenvalue weighted by Crippen LogP contribution is -2.05. The number of fused-ring (bicyclic) bond motifs is 1. The van der Waals surface area contributed by atoms with E-state index >= 15 is 0 Å². The van der Waals surface area contributed by atoms with Gasteiger partial charge in [0.1, 0.15) is 0 Å². The van der Waals surface area contributed by atoms with Gasteiger partial charge in [-0.05, 0) is 32.3 Å². The quantitative estimate of drug-likeness (QED) is 0.777. The van der Waals surface area contributed by atoms with Crippen LogP contribution in [0.15, 0.2) is 53.1 Å². The number of hydrogen-bond donors (Lipinski definition) is 1. The van der Waals surface area contributed by atoms with E-state index in [0.29, 0.717) is 18.4 Å². The topological polar surface area (TPSA) is 47.0 Å². The molecule has 0 aliphatic carbocycles. The van der Waals surface area contributed by atoms with Crippen LogP contribution in [-0.2, 0) is 6.54 Å². The van der Waals surface area contributed by atoms with Crippen LogP contribution in [0.5, 0.6) is 5.88 Å². The van der Waals surface area contributed by atoms with E-state index in [9.17, 15) is 0 Å². The monoisotopic (exact) mass is 343 g/mol. The van der Waals surface area contributed by atoms with E-state index in [1.54, 1.807) is 13.3 Å². The molecule has 106 valence electrons. The summed E-state index contributed by atoms with van der Waals surface area (Å²) in [6, 6.07) is 14.6. The minimum absolute atomic E-state index is 0.519. The number of nitrogens with zero attached hydrogens (tertiary/aromatic N) is 2. The van der Waals surface area contributed by atoms with E-state index in [-0.39, 0.29) is 0 Å². The molecule has 1 heterocycles. The van der Waals surface area contributed by atoms with Crippen molar-refractivity contribution >= 4 is 32.7 Å². The average Bonchev–Trinajstić information content (AvgIpc) is 2.54. The van der Waals surface area contributed by atoms with Crippen LogP contribution in [-0.4, -0.2) is 17.1 Å². The van der Waals surface area contributed by atoms with E-state index in [4.69, 9.17) is 4.74 Å². The van der Waals surface area contributed by atoms with Crippen LogP contribution in [0.3, 0.4) is 0 Å². The highest BCUT2D eigenvalue weighted by Crippen LogP contribution is 2.23. The molecule has 4 nitrogen and oxygen atoms in total. The summed E-state index contributed by atoms with van der Waals surface area (Å²) in [5, 5.41) is 5.69. The predicted octanol–water partition coefficient (Wildman–Crippen LogP) is 4.01. The van der Waals surface area contributed by atoms with Crippen molar-refractivity contribution in [2.45, 2.75) is 6.54 Å². The third kappa shape index (κ3) is 2.97. The molecule has 0 fully saturated rings. The van der Waals surface area contributed by atoms with Gasteiger partial charge in [-0.1, -0.05) is 42.5 Å². The maximum atomic E-state index is 5.17. The maximum Gasteiger partial charge on any atom is 0.232 e. The Morgan fingerprint density at radius 2 is 1.95 bits per heavy atom. The van der Waals surface area contributed by atoms with Crippen LogP contribution in [0.25, 0.3) is 10.8 Å². The summed E-state index contributed by atoms with van der Waals surface area (Å²) in [4.78, 5) is 8.53. The summed E-state index contributed by atoms with van der Waals surface area (Å²) in [6.07, 6.45) is 1.68. The zero-order chi connectivity index (χ0) is 14.7. The molecule has 0 atom stereocenters. The van der Waals surface area contributed by atoms with Crippen LogP contribution in [0.2, 0.25) is 0 Å². The molecule has 0 amide bonds. The smallest absolute Gasteiger partial charge is 0.232 e. The predicted molar refractivity (Wildman–Crippen MR) is 87.6 cm³/mol. The molecule has 0 saturated carbocycles. The van der Waals surface area contributed by atoms with Crippen molar-refractivity contribution in [3.63, 3.8) is 0 Å². The average molecular weight is 344 g/mol. The van der Waals surface area contributed by atoms with Crippen molar-refractivity contribution in [2.75, 3.05) is 12.4 Å². The van der Waals surface area contributed by atoms with Crippen molar-refractivity contribution in [3.8, 4) is 5.88 Å². The Hall–Kier alpha value is -2.14. The van der Waals surface area contributed by atoms with Crippen molar-refractivity contribution < 1.29 is 4.74 Å². The van der Waals surface area contributed by atoms with Crippen LogP contribution in [0.1, 0.15) is 5.56 Å². The van der Waals surface area contributed by atoms with Gasteiger partial charge in [0.15, 0.2) is 0 Å². The van der Waals surface area contributed by atoms with Crippen LogP contribution >= 0.6 is 15.9 Å². The van der Waals surface area contributed by atoms with Gasteiger partial charge < -0.3 is 10.1 Å². The number of ether oxygens (including phenoxy) is 1. The van der Waals surface area contributed by atoms with Gasteiger partial charge in [-0.3, -0.25) is 0 Å². The first-order chi connectivity index (χ1) is 10.3. The first kappa shape index (κ1) is 13.8. The molecule has 0 radical (unpaired) electrons. The minimum Gasteiger partial charge on any atom is -0.480 e. The number of methoxy groups -OCH3 is 1. The molecule has 0 aliphatic rings. The molecular weight excluding hydrogens is 330 g/mol. The van der Waals surface area contributed by atoms with Crippen LogP contribution in [0.4, 0.5) is 5.95 Å². The van der Waals surface area contributed by atoms with Gasteiger partial charge in [0.2, 0.25) is 11.8 Å². The van der Waals surface area contributed by atoms with Crippen molar-refractivity contribution in [3.05, 3.63) is 58.7 Å².